The Balaban J connectivity index is 2.29. The minimum Gasteiger partial charge on any atom is -0.456 e. The van der Waals surface area contributed by atoms with Crippen molar-refractivity contribution >= 4 is 29.1 Å². The second-order valence-electron chi connectivity index (χ2n) is 3.95. The summed E-state index contributed by atoms with van der Waals surface area (Å²) in [6.45, 7) is 1.49. The number of thioether (sulfide) groups is 1. The Morgan fingerprint density at radius 2 is 1.95 bits per heavy atom. The third-order valence-electron chi connectivity index (χ3n) is 2.62. The first-order valence-electron chi connectivity index (χ1n) is 5.73. The smallest absolute Gasteiger partial charge is 0.161 e. The van der Waals surface area contributed by atoms with Crippen LogP contribution in [0, 0.1) is 0 Å². The third kappa shape index (κ3) is 3.31. The first-order valence-corrected chi connectivity index (χ1v) is 7.33. The highest BCUT2D eigenvalue weighted by Gasteiger charge is 2.08. The maximum atomic E-state index is 11.3. The monoisotopic (exact) mass is 292 g/mol. The van der Waals surface area contributed by atoms with Crippen LogP contribution in [0.25, 0.3) is 0 Å². The molecule has 2 aromatic rings. The van der Waals surface area contributed by atoms with E-state index in [1.165, 1.54) is 6.92 Å². The second kappa shape index (κ2) is 6.13. The van der Waals surface area contributed by atoms with Gasteiger partial charge in [0.1, 0.15) is 11.5 Å². The Labute approximate surface area is 121 Å². The summed E-state index contributed by atoms with van der Waals surface area (Å²) < 4.78 is 5.80. The number of ketones is 1. The molecule has 0 aliphatic rings. The van der Waals surface area contributed by atoms with Crippen LogP contribution in [0.4, 0.5) is 0 Å². The van der Waals surface area contributed by atoms with E-state index in [0.29, 0.717) is 16.3 Å². The molecule has 0 unspecified atom stereocenters. The molecule has 19 heavy (non-hydrogen) atoms. The number of carbonyl (C=O) groups is 1. The summed E-state index contributed by atoms with van der Waals surface area (Å²) >= 11 is 7.67. The molecule has 0 aliphatic heterocycles. The van der Waals surface area contributed by atoms with Crippen molar-refractivity contribution < 1.29 is 9.53 Å². The van der Waals surface area contributed by atoms with E-state index in [0.717, 1.165) is 10.6 Å². The zero-order chi connectivity index (χ0) is 13.8. The molecule has 2 nitrogen and oxygen atoms in total. The fourth-order valence-corrected chi connectivity index (χ4v) is 2.50. The Morgan fingerprint density at radius 1 is 1.21 bits per heavy atom. The Hall–Kier alpha value is -1.45. The minimum absolute atomic E-state index is 0.0546. The predicted octanol–water partition coefficient (Wildman–Crippen LogP) is 5.06. The number of rotatable bonds is 4. The van der Waals surface area contributed by atoms with E-state index in [1.54, 1.807) is 30.0 Å². The molecule has 0 spiro atoms. The topological polar surface area (TPSA) is 26.3 Å². The molecular weight excluding hydrogens is 280 g/mol. The highest BCUT2D eigenvalue weighted by molar-refractivity contribution is 7.98. The van der Waals surface area contributed by atoms with Gasteiger partial charge in [-0.25, -0.2) is 0 Å². The molecule has 0 fully saturated rings. The number of Topliss-reactive ketones (excluding diaryl/α,β-unsaturated/α-hetero) is 1. The van der Waals surface area contributed by atoms with E-state index in [2.05, 4.69) is 0 Å². The van der Waals surface area contributed by atoms with Gasteiger partial charge in [0, 0.05) is 16.5 Å². The van der Waals surface area contributed by atoms with Crippen molar-refractivity contribution in [3.05, 3.63) is 53.1 Å². The number of halogens is 1. The van der Waals surface area contributed by atoms with Gasteiger partial charge in [-0.1, -0.05) is 23.7 Å². The molecule has 0 aliphatic carbocycles. The van der Waals surface area contributed by atoms with Crippen molar-refractivity contribution in [3.63, 3.8) is 0 Å². The van der Waals surface area contributed by atoms with Gasteiger partial charge in [0.05, 0.1) is 5.02 Å². The molecule has 0 saturated carbocycles. The van der Waals surface area contributed by atoms with Gasteiger partial charge in [-0.05, 0) is 37.4 Å². The van der Waals surface area contributed by atoms with E-state index in [1.807, 2.05) is 30.5 Å². The fourth-order valence-electron chi connectivity index (χ4n) is 1.67. The van der Waals surface area contributed by atoms with Crippen molar-refractivity contribution in [1.29, 1.82) is 0 Å². The minimum atomic E-state index is -0.0546. The molecule has 4 heteroatoms. The molecule has 0 radical (unpaired) electrons. The van der Waals surface area contributed by atoms with E-state index in [4.69, 9.17) is 16.3 Å². The Kier molecular flexibility index (Phi) is 4.51. The van der Waals surface area contributed by atoms with Gasteiger partial charge in [-0.3, -0.25) is 4.79 Å². The zero-order valence-corrected chi connectivity index (χ0v) is 12.2. The average molecular weight is 293 g/mol. The standard InChI is InChI=1S/C15H13ClO2S/c1-10(17)12-8-7-11(9-13(12)16)18-14-5-3-4-6-15(14)19-2/h3-9H,1-2H3. The van der Waals surface area contributed by atoms with Gasteiger partial charge in [0.25, 0.3) is 0 Å². The lowest BCUT2D eigenvalue weighted by Gasteiger charge is -2.10. The molecule has 2 aromatic carbocycles. The lowest BCUT2D eigenvalue weighted by molar-refractivity contribution is 0.101. The van der Waals surface area contributed by atoms with E-state index in [9.17, 15) is 4.79 Å². The van der Waals surface area contributed by atoms with Gasteiger partial charge in [-0.15, -0.1) is 11.8 Å². The van der Waals surface area contributed by atoms with Crippen LogP contribution in [0.2, 0.25) is 5.02 Å². The number of hydrogen-bond donors (Lipinski definition) is 0. The Bertz CT molecular complexity index is 611. The molecule has 0 amide bonds. The molecule has 0 atom stereocenters. The van der Waals surface area contributed by atoms with Crippen LogP contribution in [0.3, 0.4) is 0 Å². The number of ether oxygens (including phenoxy) is 1. The van der Waals surface area contributed by atoms with Crippen molar-refractivity contribution in [2.75, 3.05) is 6.26 Å². The largest absolute Gasteiger partial charge is 0.456 e. The summed E-state index contributed by atoms with van der Waals surface area (Å²) in [6, 6.07) is 12.9. The fraction of sp³-hybridized carbons (Fsp3) is 0.133. The zero-order valence-electron chi connectivity index (χ0n) is 10.6. The number of carbonyl (C=O) groups excluding carboxylic acids is 1. The van der Waals surface area contributed by atoms with Gasteiger partial charge in [-0.2, -0.15) is 0 Å². The molecular formula is C15H13ClO2S. The van der Waals surface area contributed by atoms with Crippen LogP contribution in [0.1, 0.15) is 17.3 Å². The average Bonchev–Trinajstić information content (AvgIpc) is 2.39. The van der Waals surface area contributed by atoms with Crippen LogP contribution in [0.15, 0.2) is 47.4 Å². The van der Waals surface area contributed by atoms with E-state index in [-0.39, 0.29) is 5.78 Å². The number of benzene rings is 2. The SMILES string of the molecule is CSc1ccccc1Oc1ccc(C(C)=O)c(Cl)c1. The first-order chi connectivity index (χ1) is 9.11. The third-order valence-corrected chi connectivity index (χ3v) is 3.71. The van der Waals surface area contributed by atoms with Gasteiger partial charge in [0.15, 0.2) is 5.78 Å². The summed E-state index contributed by atoms with van der Waals surface area (Å²) in [5.74, 6) is 1.35. The van der Waals surface area contributed by atoms with Gasteiger partial charge < -0.3 is 4.74 Å². The molecule has 98 valence electrons. The Morgan fingerprint density at radius 3 is 2.58 bits per heavy atom. The highest BCUT2D eigenvalue weighted by Crippen LogP contribution is 2.32. The second-order valence-corrected chi connectivity index (χ2v) is 5.21. The molecule has 0 saturated heterocycles. The lowest BCUT2D eigenvalue weighted by atomic mass is 10.1. The lowest BCUT2D eigenvalue weighted by Crippen LogP contribution is -1.94. The molecule has 2 rings (SSSR count). The maximum Gasteiger partial charge on any atom is 0.161 e. The molecule has 0 heterocycles. The summed E-state index contributed by atoms with van der Waals surface area (Å²) in [6.07, 6.45) is 1.99. The maximum absolute atomic E-state index is 11.3. The van der Waals surface area contributed by atoms with Crippen LogP contribution in [-0.4, -0.2) is 12.0 Å². The van der Waals surface area contributed by atoms with Gasteiger partial charge >= 0.3 is 0 Å². The van der Waals surface area contributed by atoms with Crippen molar-refractivity contribution in [2.24, 2.45) is 0 Å². The summed E-state index contributed by atoms with van der Waals surface area (Å²) in [5.41, 5.74) is 0.507. The van der Waals surface area contributed by atoms with Crippen molar-refractivity contribution in [2.45, 2.75) is 11.8 Å². The van der Waals surface area contributed by atoms with Gasteiger partial charge in [0.2, 0.25) is 0 Å². The summed E-state index contributed by atoms with van der Waals surface area (Å²) in [5, 5.41) is 0.409. The van der Waals surface area contributed by atoms with E-state index >= 15 is 0 Å². The number of para-hydroxylation sites is 1. The van der Waals surface area contributed by atoms with Crippen LogP contribution >= 0.6 is 23.4 Å². The van der Waals surface area contributed by atoms with Crippen LogP contribution in [0.5, 0.6) is 11.5 Å². The van der Waals surface area contributed by atoms with Crippen LogP contribution < -0.4 is 4.74 Å². The number of hydrogen-bond acceptors (Lipinski definition) is 3. The predicted molar refractivity (Wildman–Crippen MR) is 79.8 cm³/mol. The van der Waals surface area contributed by atoms with Crippen LogP contribution in [-0.2, 0) is 0 Å². The quantitative estimate of drug-likeness (QED) is 0.582. The van der Waals surface area contributed by atoms with Crippen molar-refractivity contribution in [3.8, 4) is 11.5 Å². The van der Waals surface area contributed by atoms with Crippen molar-refractivity contribution in [1.82, 2.24) is 0 Å². The first kappa shape index (κ1) is 14.0. The molecule has 0 bridgehead atoms. The van der Waals surface area contributed by atoms with E-state index < -0.39 is 0 Å². The highest BCUT2D eigenvalue weighted by atomic mass is 35.5. The summed E-state index contributed by atoms with van der Waals surface area (Å²) in [4.78, 5) is 12.4. The summed E-state index contributed by atoms with van der Waals surface area (Å²) in [7, 11) is 0. The molecule has 0 N–H and O–H groups in total. The normalized spacial score (nSPS) is 10.3. The molecule has 0 aromatic heterocycles.